The zero-order valence-electron chi connectivity index (χ0n) is 11.7. The lowest BCUT2D eigenvalue weighted by Crippen LogP contribution is -2.46. The summed E-state index contributed by atoms with van der Waals surface area (Å²) >= 11 is 0. The van der Waals surface area contributed by atoms with Gasteiger partial charge in [-0.05, 0) is 19.9 Å². The first-order valence-corrected chi connectivity index (χ1v) is 6.17. The molecule has 1 aromatic heterocycles. The van der Waals surface area contributed by atoms with Gasteiger partial charge in [0.2, 0.25) is 5.91 Å². The van der Waals surface area contributed by atoms with Crippen LogP contribution in [0.4, 0.5) is 0 Å². The number of carbonyl (C=O) groups is 3. The van der Waals surface area contributed by atoms with Crippen molar-refractivity contribution < 1.29 is 23.9 Å². The van der Waals surface area contributed by atoms with Gasteiger partial charge in [-0.2, -0.15) is 0 Å². The van der Waals surface area contributed by atoms with Crippen LogP contribution in [0.3, 0.4) is 0 Å². The lowest BCUT2D eigenvalue weighted by molar-refractivity contribution is -0.141. The highest BCUT2D eigenvalue weighted by Crippen LogP contribution is 2.14. The largest absolute Gasteiger partial charge is 0.480 e. The van der Waals surface area contributed by atoms with Crippen LogP contribution in [0.15, 0.2) is 16.7 Å². The van der Waals surface area contributed by atoms with Gasteiger partial charge in [0.25, 0.3) is 5.91 Å². The van der Waals surface area contributed by atoms with Gasteiger partial charge in [-0.15, -0.1) is 0 Å². The van der Waals surface area contributed by atoms with E-state index in [1.54, 1.807) is 13.0 Å². The van der Waals surface area contributed by atoms with Crippen molar-refractivity contribution in [3.8, 4) is 0 Å². The summed E-state index contributed by atoms with van der Waals surface area (Å²) in [6, 6.07) is 0.616. The summed E-state index contributed by atoms with van der Waals surface area (Å²) in [7, 11) is 0. The number of hydrogen-bond donors (Lipinski definition) is 2. The number of aliphatic carboxylic acids is 1. The van der Waals surface area contributed by atoms with Crippen LogP contribution in [0.25, 0.3) is 0 Å². The fraction of sp³-hybridized carbons (Fsp3) is 0.462. The van der Waals surface area contributed by atoms with Gasteiger partial charge in [-0.1, -0.05) is 0 Å². The Bertz CT molecular complexity index is 509. The molecule has 0 saturated heterocycles. The van der Waals surface area contributed by atoms with E-state index in [-0.39, 0.29) is 24.8 Å². The minimum absolute atomic E-state index is 0.0893. The van der Waals surface area contributed by atoms with Crippen molar-refractivity contribution >= 4 is 17.8 Å². The van der Waals surface area contributed by atoms with E-state index in [4.69, 9.17) is 9.52 Å². The highest BCUT2D eigenvalue weighted by Gasteiger charge is 2.28. The van der Waals surface area contributed by atoms with E-state index < -0.39 is 17.9 Å². The fourth-order valence-corrected chi connectivity index (χ4v) is 1.68. The Morgan fingerprint density at radius 1 is 1.45 bits per heavy atom. The summed E-state index contributed by atoms with van der Waals surface area (Å²) in [5, 5.41) is 11.6. The molecule has 2 N–H and O–H groups in total. The molecule has 1 heterocycles. The molecule has 0 radical (unpaired) electrons. The number of aryl methyl sites for hydroxylation is 1. The average molecular weight is 282 g/mol. The number of amides is 2. The molecule has 0 aromatic carbocycles. The van der Waals surface area contributed by atoms with E-state index in [0.717, 1.165) is 4.90 Å². The third-order valence-corrected chi connectivity index (χ3v) is 2.87. The van der Waals surface area contributed by atoms with Crippen molar-refractivity contribution in [2.24, 2.45) is 0 Å². The van der Waals surface area contributed by atoms with Crippen LogP contribution in [0.2, 0.25) is 0 Å². The molecule has 1 unspecified atom stereocenters. The van der Waals surface area contributed by atoms with Gasteiger partial charge in [0.15, 0.2) is 5.76 Å². The van der Waals surface area contributed by atoms with Gasteiger partial charge < -0.3 is 19.7 Å². The van der Waals surface area contributed by atoms with Crippen LogP contribution in [-0.4, -0.2) is 46.9 Å². The Morgan fingerprint density at radius 2 is 2.10 bits per heavy atom. The highest BCUT2D eigenvalue weighted by atomic mass is 16.4. The molecule has 7 heteroatoms. The third-order valence-electron chi connectivity index (χ3n) is 2.87. The molecule has 1 rings (SSSR count). The predicted molar refractivity (Wildman–Crippen MR) is 70.3 cm³/mol. The zero-order valence-corrected chi connectivity index (χ0v) is 11.7. The van der Waals surface area contributed by atoms with Crippen LogP contribution < -0.4 is 5.32 Å². The number of carboxylic acids is 1. The average Bonchev–Trinajstić information content (AvgIpc) is 2.79. The van der Waals surface area contributed by atoms with Gasteiger partial charge in [0.05, 0.1) is 6.26 Å². The summed E-state index contributed by atoms with van der Waals surface area (Å²) in [6.07, 6.45) is 1.37. The van der Waals surface area contributed by atoms with Crippen molar-refractivity contribution in [2.75, 3.05) is 13.1 Å². The van der Waals surface area contributed by atoms with Gasteiger partial charge in [-0.25, -0.2) is 4.79 Å². The summed E-state index contributed by atoms with van der Waals surface area (Å²) in [5.41, 5.74) is 0.636. The number of hydrogen-bond acceptors (Lipinski definition) is 4. The molecule has 110 valence electrons. The SMILES string of the molecule is CC(=O)NCCN(C(=O)c1occc1C)C(C)C(=O)O. The first kappa shape index (κ1) is 15.7. The Hall–Kier alpha value is -2.31. The van der Waals surface area contributed by atoms with Crippen molar-refractivity contribution in [3.63, 3.8) is 0 Å². The molecule has 0 aliphatic heterocycles. The standard InChI is InChI=1S/C13H18N2O5/c1-8-4-7-20-11(8)12(17)15(9(2)13(18)19)6-5-14-10(3)16/h4,7,9H,5-6H2,1-3H3,(H,14,16)(H,18,19). The van der Waals surface area contributed by atoms with Gasteiger partial charge >= 0.3 is 5.97 Å². The molecule has 20 heavy (non-hydrogen) atoms. The van der Waals surface area contributed by atoms with Gasteiger partial charge in [0, 0.05) is 25.6 Å². The molecular formula is C13H18N2O5. The molecule has 2 amide bonds. The summed E-state index contributed by atoms with van der Waals surface area (Å²) in [5.74, 6) is -1.76. The van der Waals surface area contributed by atoms with Crippen molar-refractivity contribution in [1.82, 2.24) is 10.2 Å². The lowest BCUT2D eigenvalue weighted by Gasteiger charge is -2.25. The monoisotopic (exact) mass is 282 g/mol. The van der Waals surface area contributed by atoms with Crippen molar-refractivity contribution in [3.05, 3.63) is 23.7 Å². The minimum Gasteiger partial charge on any atom is -0.480 e. The quantitative estimate of drug-likeness (QED) is 0.797. The number of carbonyl (C=O) groups excluding carboxylic acids is 2. The van der Waals surface area contributed by atoms with Crippen LogP contribution in [0, 0.1) is 6.92 Å². The Morgan fingerprint density at radius 3 is 2.55 bits per heavy atom. The van der Waals surface area contributed by atoms with Crippen LogP contribution >= 0.6 is 0 Å². The molecule has 0 saturated carbocycles. The second-order valence-corrected chi connectivity index (χ2v) is 4.43. The Balaban J connectivity index is 2.87. The second-order valence-electron chi connectivity index (χ2n) is 4.43. The Labute approximate surface area is 116 Å². The van der Waals surface area contributed by atoms with Crippen molar-refractivity contribution in [2.45, 2.75) is 26.8 Å². The maximum absolute atomic E-state index is 12.3. The van der Waals surface area contributed by atoms with E-state index in [0.29, 0.717) is 5.56 Å². The first-order chi connectivity index (χ1) is 9.34. The summed E-state index contributed by atoms with van der Waals surface area (Å²) in [6.45, 7) is 4.73. The molecule has 0 spiro atoms. The molecule has 1 aromatic rings. The molecule has 0 bridgehead atoms. The molecule has 1 atom stereocenters. The summed E-state index contributed by atoms with van der Waals surface area (Å²) in [4.78, 5) is 35.4. The van der Waals surface area contributed by atoms with E-state index in [1.165, 1.54) is 20.1 Å². The van der Waals surface area contributed by atoms with Crippen LogP contribution in [-0.2, 0) is 9.59 Å². The number of nitrogens with one attached hydrogen (secondary N) is 1. The van der Waals surface area contributed by atoms with E-state index in [9.17, 15) is 14.4 Å². The normalized spacial score (nSPS) is 11.8. The first-order valence-electron chi connectivity index (χ1n) is 6.17. The Kier molecular flexibility index (Phi) is 5.31. The molecule has 0 aliphatic carbocycles. The third kappa shape index (κ3) is 3.84. The number of nitrogens with zero attached hydrogens (tertiary/aromatic N) is 1. The maximum atomic E-state index is 12.3. The van der Waals surface area contributed by atoms with E-state index in [1.807, 2.05) is 0 Å². The topological polar surface area (TPSA) is 99.9 Å². The van der Waals surface area contributed by atoms with Crippen LogP contribution in [0.5, 0.6) is 0 Å². The fourth-order valence-electron chi connectivity index (χ4n) is 1.68. The lowest BCUT2D eigenvalue weighted by atomic mass is 10.2. The maximum Gasteiger partial charge on any atom is 0.326 e. The number of furan rings is 1. The molecule has 7 nitrogen and oxygen atoms in total. The molecular weight excluding hydrogens is 264 g/mol. The summed E-state index contributed by atoms with van der Waals surface area (Å²) < 4.78 is 5.09. The zero-order chi connectivity index (χ0) is 15.3. The van der Waals surface area contributed by atoms with E-state index in [2.05, 4.69) is 5.32 Å². The van der Waals surface area contributed by atoms with E-state index >= 15 is 0 Å². The van der Waals surface area contributed by atoms with Crippen molar-refractivity contribution in [1.29, 1.82) is 0 Å². The predicted octanol–water partition coefficient (Wildman–Crippen LogP) is 0.639. The second kappa shape index (κ2) is 6.74. The van der Waals surface area contributed by atoms with Gasteiger partial charge in [0.1, 0.15) is 6.04 Å². The minimum atomic E-state index is -1.12. The molecule has 0 fully saturated rings. The van der Waals surface area contributed by atoms with Gasteiger partial charge in [-0.3, -0.25) is 9.59 Å². The highest BCUT2D eigenvalue weighted by molar-refractivity contribution is 5.95. The molecule has 0 aliphatic rings. The number of carboxylic acid groups (broad SMARTS) is 1. The smallest absolute Gasteiger partial charge is 0.326 e. The van der Waals surface area contributed by atoms with Crippen LogP contribution in [0.1, 0.15) is 30.0 Å². The number of rotatable bonds is 6.